The van der Waals surface area contributed by atoms with Crippen LogP contribution in [-0.4, -0.2) is 0 Å². The van der Waals surface area contributed by atoms with Gasteiger partial charge in [0, 0.05) is 24.6 Å². The Kier molecular flexibility index (Phi) is 1.31. The standard InChI is InChI=1S/C10H12N/c1-8-6-7-9-4-3-5-10(9)11(8)2/h3,5-7H,4H2,1-2H3/q+1. The van der Waals surface area contributed by atoms with Crippen molar-refractivity contribution in [2.75, 3.05) is 0 Å². The summed E-state index contributed by atoms with van der Waals surface area (Å²) >= 11 is 0. The van der Waals surface area contributed by atoms with E-state index in [1.165, 1.54) is 17.0 Å². The summed E-state index contributed by atoms with van der Waals surface area (Å²) in [6.07, 6.45) is 5.51. The van der Waals surface area contributed by atoms with Gasteiger partial charge in [0.25, 0.3) is 0 Å². The summed E-state index contributed by atoms with van der Waals surface area (Å²) < 4.78 is 2.23. The molecule has 0 amide bonds. The summed E-state index contributed by atoms with van der Waals surface area (Å²) in [6, 6.07) is 4.39. The molecule has 56 valence electrons. The van der Waals surface area contributed by atoms with Gasteiger partial charge in [0.2, 0.25) is 5.69 Å². The smallest absolute Gasteiger partial charge is 0.199 e. The maximum absolute atomic E-state index is 2.23. The molecule has 0 saturated carbocycles. The Morgan fingerprint density at radius 1 is 1.36 bits per heavy atom. The summed E-state index contributed by atoms with van der Waals surface area (Å²) in [5, 5.41) is 0. The number of allylic oxidation sites excluding steroid dienone is 1. The summed E-state index contributed by atoms with van der Waals surface area (Å²) in [6.45, 7) is 2.13. The molecule has 0 unspecified atom stereocenters. The molecule has 2 rings (SSSR count). The minimum Gasteiger partial charge on any atom is -0.199 e. The van der Waals surface area contributed by atoms with Gasteiger partial charge in [-0.1, -0.05) is 6.08 Å². The van der Waals surface area contributed by atoms with Crippen LogP contribution in [0.3, 0.4) is 0 Å². The van der Waals surface area contributed by atoms with Crippen LogP contribution in [0.15, 0.2) is 18.2 Å². The molecule has 1 nitrogen and oxygen atoms in total. The van der Waals surface area contributed by atoms with Gasteiger partial charge in [0.15, 0.2) is 5.69 Å². The van der Waals surface area contributed by atoms with E-state index in [9.17, 15) is 0 Å². The fourth-order valence-corrected chi connectivity index (χ4v) is 1.51. The van der Waals surface area contributed by atoms with Gasteiger partial charge in [-0.2, -0.15) is 4.57 Å². The highest BCUT2D eigenvalue weighted by molar-refractivity contribution is 5.53. The lowest BCUT2D eigenvalue weighted by Gasteiger charge is -1.98. The van der Waals surface area contributed by atoms with Crippen molar-refractivity contribution in [2.45, 2.75) is 13.3 Å². The number of pyridine rings is 1. The zero-order valence-electron chi connectivity index (χ0n) is 6.96. The van der Waals surface area contributed by atoms with E-state index in [-0.39, 0.29) is 0 Å². The van der Waals surface area contributed by atoms with Gasteiger partial charge < -0.3 is 0 Å². The lowest BCUT2D eigenvalue weighted by atomic mass is 10.2. The third-order valence-electron chi connectivity index (χ3n) is 2.36. The zero-order chi connectivity index (χ0) is 7.84. The van der Waals surface area contributed by atoms with Gasteiger partial charge in [0.05, 0.1) is 0 Å². The summed E-state index contributed by atoms with van der Waals surface area (Å²) in [5.74, 6) is 0. The van der Waals surface area contributed by atoms with Crippen LogP contribution in [0.4, 0.5) is 0 Å². The van der Waals surface area contributed by atoms with Gasteiger partial charge >= 0.3 is 0 Å². The van der Waals surface area contributed by atoms with Crippen molar-refractivity contribution in [2.24, 2.45) is 7.05 Å². The van der Waals surface area contributed by atoms with Crippen LogP contribution in [0.2, 0.25) is 0 Å². The molecule has 1 heterocycles. The predicted octanol–water partition coefficient (Wildman–Crippen LogP) is 1.39. The van der Waals surface area contributed by atoms with Crippen LogP contribution in [-0.2, 0) is 13.5 Å². The first-order valence-corrected chi connectivity index (χ1v) is 3.94. The highest BCUT2D eigenvalue weighted by atomic mass is 14.9. The van der Waals surface area contributed by atoms with Gasteiger partial charge in [-0.15, -0.1) is 0 Å². The van der Waals surface area contributed by atoms with Crippen LogP contribution in [0, 0.1) is 6.92 Å². The molecule has 0 aliphatic heterocycles. The predicted molar refractivity (Wildman–Crippen MR) is 45.1 cm³/mol. The van der Waals surface area contributed by atoms with Crippen LogP contribution in [0.1, 0.15) is 17.0 Å². The Balaban J connectivity index is 2.70. The molecule has 1 aromatic heterocycles. The molecule has 0 fully saturated rings. The second kappa shape index (κ2) is 2.19. The number of nitrogens with zero attached hydrogens (tertiary/aromatic N) is 1. The summed E-state index contributed by atoms with van der Waals surface area (Å²) in [4.78, 5) is 0. The van der Waals surface area contributed by atoms with E-state index in [1.54, 1.807) is 0 Å². The minimum absolute atomic E-state index is 1.10. The molecular weight excluding hydrogens is 134 g/mol. The van der Waals surface area contributed by atoms with Gasteiger partial charge in [-0.25, -0.2) is 0 Å². The van der Waals surface area contributed by atoms with Crippen LogP contribution >= 0.6 is 0 Å². The SMILES string of the molecule is Cc1ccc2c([n+]1C)C=CC2. The highest BCUT2D eigenvalue weighted by Crippen LogP contribution is 2.14. The first-order chi connectivity index (χ1) is 5.29. The Morgan fingerprint density at radius 3 is 3.00 bits per heavy atom. The number of aromatic nitrogens is 1. The van der Waals surface area contributed by atoms with Crippen LogP contribution in [0.5, 0.6) is 0 Å². The van der Waals surface area contributed by atoms with Gasteiger partial charge in [0.1, 0.15) is 7.05 Å². The van der Waals surface area contributed by atoms with Crippen molar-refractivity contribution in [1.82, 2.24) is 0 Å². The Hall–Kier alpha value is -1.11. The monoisotopic (exact) mass is 146 g/mol. The van der Waals surface area contributed by atoms with E-state index in [4.69, 9.17) is 0 Å². The number of aryl methyl sites for hydroxylation is 1. The summed E-state index contributed by atoms with van der Waals surface area (Å²) in [7, 11) is 2.11. The van der Waals surface area contributed by atoms with Crippen LogP contribution < -0.4 is 4.57 Å². The fourth-order valence-electron chi connectivity index (χ4n) is 1.51. The molecule has 0 aromatic carbocycles. The molecule has 0 spiro atoms. The molecule has 0 N–H and O–H groups in total. The number of fused-ring (bicyclic) bond motifs is 1. The minimum atomic E-state index is 1.10. The zero-order valence-corrected chi connectivity index (χ0v) is 6.96. The van der Waals surface area contributed by atoms with Crippen molar-refractivity contribution in [1.29, 1.82) is 0 Å². The molecular formula is C10H12N+. The highest BCUT2D eigenvalue weighted by Gasteiger charge is 2.15. The van der Waals surface area contributed by atoms with Gasteiger partial charge in [-0.3, -0.25) is 0 Å². The topological polar surface area (TPSA) is 3.88 Å². The fraction of sp³-hybridized carbons (Fsp3) is 0.300. The van der Waals surface area contributed by atoms with E-state index in [0.29, 0.717) is 0 Å². The molecule has 0 radical (unpaired) electrons. The quantitative estimate of drug-likeness (QED) is 0.487. The van der Waals surface area contributed by atoms with Crippen molar-refractivity contribution < 1.29 is 4.57 Å². The van der Waals surface area contributed by atoms with Crippen LogP contribution in [0.25, 0.3) is 6.08 Å². The van der Waals surface area contributed by atoms with E-state index in [2.05, 4.69) is 42.8 Å². The van der Waals surface area contributed by atoms with Gasteiger partial charge in [-0.05, 0) is 12.5 Å². The van der Waals surface area contributed by atoms with Crippen molar-refractivity contribution >= 4 is 6.08 Å². The maximum Gasteiger partial charge on any atom is 0.208 e. The van der Waals surface area contributed by atoms with E-state index < -0.39 is 0 Å². The average molecular weight is 146 g/mol. The normalized spacial score (nSPS) is 13.6. The van der Waals surface area contributed by atoms with Crippen molar-refractivity contribution in [3.63, 3.8) is 0 Å². The van der Waals surface area contributed by atoms with E-state index in [1.807, 2.05) is 0 Å². The molecule has 1 aliphatic rings. The third-order valence-corrected chi connectivity index (χ3v) is 2.36. The average Bonchev–Trinajstić information content (AvgIpc) is 2.45. The largest absolute Gasteiger partial charge is 0.208 e. The second-order valence-corrected chi connectivity index (χ2v) is 3.05. The maximum atomic E-state index is 2.23. The first kappa shape index (κ1) is 6.59. The molecule has 0 saturated heterocycles. The van der Waals surface area contributed by atoms with E-state index in [0.717, 1.165) is 6.42 Å². The van der Waals surface area contributed by atoms with E-state index >= 15 is 0 Å². The Labute approximate surface area is 67.0 Å². The van der Waals surface area contributed by atoms with Crippen molar-refractivity contribution in [3.8, 4) is 0 Å². The molecule has 1 heteroatoms. The number of rotatable bonds is 0. The Bertz CT molecular complexity index is 324. The number of hydrogen-bond acceptors (Lipinski definition) is 0. The molecule has 0 bridgehead atoms. The lowest BCUT2D eigenvalue weighted by molar-refractivity contribution is -0.679. The third kappa shape index (κ3) is 0.881. The second-order valence-electron chi connectivity index (χ2n) is 3.05. The first-order valence-electron chi connectivity index (χ1n) is 3.94. The number of hydrogen-bond donors (Lipinski definition) is 0. The summed E-state index contributed by atoms with van der Waals surface area (Å²) in [5.41, 5.74) is 4.12. The molecule has 1 aromatic rings. The Morgan fingerprint density at radius 2 is 2.18 bits per heavy atom. The van der Waals surface area contributed by atoms with Crippen molar-refractivity contribution in [3.05, 3.63) is 35.2 Å². The molecule has 0 atom stereocenters. The molecule has 11 heavy (non-hydrogen) atoms. The lowest BCUT2D eigenvalue weighted by Crippen LogP contribution is -2.35. The molecule has 1 aliphatic carbocycles.